The van der Waals surface area contributed by atoms with Crippen molar-refractivity contribution in [2.24, 2.45) is 0 Å². The molecule has 1 rings (SSSR count). The Morgan fingerprint density at radius 2 is 1.47 bits per heavy atom. The smallest absolute Gasteiger partial charge is 0.166 e. The van der Waals surface area contributed by atoms with Crippen LogP contribution in [0.15, 0.2) is 18.2 Å². The molecule has 0 fully saturated rings. The molecule has 0 N–H and O–H groups in total. The van der Waals surface area contributed by atoms with Crippen LogP contribution in [-0.2, 0) is 12.4 Å². The number of hydrogen-bond acceptors (Lipinski definition) is 0. The fourth-order valence-electron chi connectivity index (χ4n) is 0.806. The third-order valence-electron chi connectivity index (χ3n) is 1.43. The molecule has 0 aliphatic rings. The van der Waals surface area contributed by atoms with Gasteiger partial charge in [-0.2, -0.15) is 26.3 Å². The van der Waals surface area contributed by atoms with Gasteiger partial charge >= 0.3 is 12.4 Å². The summed E-state index contributed by atoms with van der Waals surface area (Å²) in [7, 11) is 0. The molecule has 0 spiro atoms. The van der Waals surface area contributed by atoms with E-state index >= 15 is 0 Å². The number of benzene rings is 1. The van der Waals surface area contributed by atoms with Crippen molar-refractivity contribution in [2.75, 3.05) is 0 Å². The Kier molecular flexibility index (Phi) is 4.32. The van der Waals surface area contributed by atoms with Crippen molar-refractivity contribution >= 4 is 18.9 Å². The standard InChI is InChI=1S/C8H3F6.Li/c9-7(10,11)5-2-1-3-6(4-5)8(12,13)14;/h1-2,4H;. The van der Waals surface area contributed by atoms with Gasteiger partial charge in [-0.3, -0.25) is 0 Å². The molecule has 0 saturated carbocycles. The van der Waals surface area contributed by atoms with E-state index in [1.54, 1.807) is 6.07 Å². The first kappa shape index (κ1) is 14.4. The summed E-state index contributed by atoms with van der Waals surface area (Å²) >= 11 is 0. The second-order valence-corrected chi connectivity index (χ2v) is 2.49. The van der Waals surface area contributed by atoms with E-state index in [1.165, 1.54) is 0 Å². The normalized spacial score (nSPS) is 12.1. The predicted octanol–water partition coefficient (Wildman–Crippen LogP) is 3.14. The summed E-state index contributed by atoms with van der Waals surface area (Å²) in [4.78, 5) is 0. The first-order valence-corrected chi connectivity index (χ1v) is 3.37. The maximum Gasteiger partial charge on any atom is 0.417 e. The van der Waals surface area contributed by atoms with Gasteiger partial charge in [0.15, 0.2) is 0 Å². The van der Waals surface area contributed by atoms with Gasteiger partial charge in [0.2, 0.25) is 0 Å². The van der Waals surface area contributed by atoms with Crippen molar-refractivity contribution in [3.8, 4) is 0 Å². The van der Waals surface area contributed by atoms with Gasteiger partial charge in [-0.05, 0) is 18.2 Å². The maximum absolute atomic E-state index is 12.0. The second-order valence-electron chi connectivity index (χ2n) is 2.49. The van der Waals surface area contributed by atoms with Gasteiger partial charge in [-0.1, -0.05) is 6.07 Å². The van der Waals surface area contributed by atoms with Gasteiger partial charge in [0, 0.05) is 18.9 Å². The van der Waals surface area contributed by atoms with Crippen LogP contribution in [0.25, 0.3) is 0 Å². The zero-order valence-electron chi connectivity index (χ0n) is 7.50. The van der Waals surface area contributed by atoms with E-state index in [2.05, 4.69) is 0 Å². The molecule has 7 heteroatoms. The van der Waals surface area contributed by atoms with Crippen LogP contribution in [0.4, 0.5) is 26.3 Å². The molecule has 0 amide bonds. The van der Waals surface area contributed by atoms with Gasteiger partial charge in [-0.25, -0.2) is 0 Å². The SMILES string of the molecule is FC(F)(F)c1[c]ccc(C(F)(F)F)c1.[Li]. The molecule has 0 saturated heterocycles. The van der Waals surface area contributed by atoms with Gasteiger partial charge in [-0.15, -0.1) is 0 Å². The summed E-state index contributed by atoms with van der Waals surface area (Å²) in [6.45, 7) is 0. The van der Waals surface area contributed by atoms with Crippen LogP contribution in [0.2, 0.25) is 0 Å². The molecular weight excluding hydrogens is 217 g/mol. The van der Waals surface area contributed by atoms with Gasteiger partial charge in [0.25, 0.3) is 0 Å². The van der Waals surface area contributed by atoms with E-state index in [0.717, 1.165) is 0 Å². The van der Waals surface area contributed by atoms with Crippen LogP contribution < -0.4 is 0 Å². The minimum absolute atomic E-state index is 0. The molecule has 0 unspecified atom stereocenters. The van der Waals surface area contributed by atoms with E-state index in [0.29, 0.717) is 12.1 Å². The zero-order valence-corrected chi connectivity index (χ0v) is 7.50. The van der Waals surface area contributed by atoms with Gasteiger partial charge in [0.05, 0.1) is 11.1 Å². The predicted molar refractivity (Wildman–Crippen MR) is 41.0 cm³/mol. The molecule has 78 valence electrons. The number of halogens is 6. The van der Waals surface area contributed by atoms with Gasteiger partial charge in [0.1, 0.15) is 0 Å². The Hall–Kier alpha value is -0.603. The average molecular weight is 220 g/mol. The molecule has 15 heavy (non-hydrogen) atoms. The molecular formula is C8H3F6Li. The molecule has 0 bridgehead atoms. The van der Waals surface area contributed by atoms with E-state index in [4.69, 9.17) is 0 Å². The molecule has 0 aromatic heterocycles. The average Bonchev–Trinajstić information content (AvgIpc) is 2.01. The minimum Gasteiger partial charge on any atom is -0.166 e. The third kappa shape index (κ3) is 3.80. The Morgan fingerprint density at radius 3 is 1.87 bits per heavy atom. The molecule has 0 nitrogen and oxygen atoms in total. The van der Waals surface area contributed by atoms with Crippen molar-refractivity contribution in [1.29, 1.82) is 0 Å². The third-order valence-corrected chi connectivity index (χ3v) is 1.43. The summed E-state index contributed by atoms with van der Waals surface area (Å²) in [6.07, 6.45) is -9.57. The van der Waals surface area contributed by atoms with E-state index in [1.807, 2.05) is 0 Å². The second kappa shape index (κ2) is 4.50. The Labute approximate surface area is 93.5 Å². The van der Waals surface area contributed by atoms with E-state index in [-0.39, 0.29) is 24.9 Å². The van der Waals surface area contributed by atoms with Crippen molar-refractivity contribution in [1.82, 2.24) is 0 Å². The monoisotopic (exact) mass is 220 g/mol. The number of hydrogen-bond donors (Lipinski definition) is 0. The van der Waals surface area contributed by atoms with Gasteiger partial charge < -0.3 is 0 Å². The van der Waals surface area contributed by atoms with Crippen molar-refractivity contribution in [2.45, 2.75) is 12.4 Å². The summed E-state index contributed by atoms with van der Waals surface area (Å²) < 4.78 is 71.8. The fraction of sp³-hybridized carbons (Fsp3) is 0.250. The van der Waals surface area contributed by atoms with Crippen LogP contribution in [0.1, 0.15) is 11.1 Å². The number of alkyl halides is 6. The summed E-state index contributed by atoms with van der Waals surface area (Å²) in [6, 6.07) is 2.86. The summed E-state index contributed by atoms with van der Waals surface area (Å²) in [5.74, 6) is 0. The van der Waals surface area contributed by atoms with Crippen LogP contribution in [0.3, 0.4) is 0 Å². The quantitative estimate of drug-likeness (QED) is 0.465. The van der Waals surface area contributed by atoms with Crippen LogP contribution in [0, 0.1) is 6.07 Å². The Bertz CT molecular complexity index is 297. The largest absolute Gasteiger partial charge is 0.417 e. The van der Waals surface area contributed by atoms with Crippen molar-refractivity contribution in [3.63, 3.8) is 0 Å². The molecule has 0 atom stereocenters. The molecule has 2 radical (unpaired) electrons. The molecule has 0 aliphatic heterocycles. The summed E-state index contributed by atoms with van der Waals surface area (Å²) in [5, 5.41) is 0. The topological polar surface area (TPSA) is 0 Å². The van der Waals surface area contributed by atoms with Crippen LogP contribution >= 0.6 is 0 Å². The molecule has 0 heterocycles. The number of rotatable bonds is 0. The first-order chi connectivity index (χ1) is 6.21. The van der Waals surface area contributed by atoms with Crippen molar-refractivity contribution < 1.29 is 26.3 Å². The Morgan fingerprint density at radius 1 is 0.933 bits per heavy atom. The molecule has 1 aromatic carbocycles. The molecule has 0 aliphatic carbocycles. The summed E-state index contributed by atoms with van der Waals surface area (Å²) in [5.41, 5.74) is -2.75. The zero-order chi connectivity index (χ0) is 11.0. The first-order valence-electron chi connectivity index (χ1n) is 3.37. The minimum atomic E-state index is -4.80. The van der Waals surface area contributed by atoms with Crippen molar-refractivity contribution in [3.05, 3.63) is 35.4 Å². The maximum atomic E-state index is 12.0. The molecule has 1 aromatic rings. The van der Waals surface area contributed by atoms with Crippen LogP contribution in [0.5, 0.6) is 0 Å². The van der Waals surface area contributed by atoms with E-state index < -0.39 is 23.5 Å². The fourth-order valence-corrected chi connectivity index (χ4v) is 0.806. The Balaban J connectivity index is 0.00000196. The van der Waals surface area contributed by atoms with E-state index in [9.17, 15) is 26.3 Å². The van der Waals surface area contributed by atoms with Crippen LogP contribution in [-0.4, -0.2) is 18.9 Å².